The molecule has 1 amide bonds. The molecular weight excluding hydrogens is 400 g/mol. The van der Waals surface area contributed by atoms with E-state index in [2.05, 4.69) is 39.5 Å². The molecule has 1 N–H and O–H groups in total. The van der Waals surface area contributed by atoms with Crippen molar-refractivity contribution in [3.63, 3.8) is 0 Å². The maximum absolute atomic E-state index is 11.8. The number of ether oxygens (including phenoxy) is 1. The van der Waals surface area contributed by atoms with Gasteiger partial charge in [-0.3, -0.25) is 19.7 Å². The Morgan fingerprint density at radius 3 is 2.81 bits per heavy atom. The highest BCUT2D eigenvalue weighted by atomic mass is 16.5. The predicted octanol–water partition coefficient (Wildman–Crippen LogP) is 4.20. The van der Waals surface area contributed by atoms with Crippen LogP contribution in [-0.2, 0) is 6.54 Å². The van der Waals surface area contributed by atoms with E-state index < -0.39 is 0 Å². The van der Waals surface area contributed by atoms with Gasteiger partial charge in [0.2, 0.25) is 0 Å². The standard InChI is InChI=1S/C26H30N4O2/c1-18-12-22(20-9-10-24(28-15-20)26(31)27-2)14-25(29-18)21-7-5-11-30(17-21)16-19-6-4-8-23(13-19)32-3/h4,6,8-10,12-15,21H,5,7,11,16-17H2,1-3H3,(H,27,31). The highest BCUT2D eigenvalue weighted by Gasteiger charge is 2.23. The van der Waals surface area contributed by atoms with Crippen LogP contribution in [0.4, 0.5) is 0 Å². The number of benzene rings is 1. The van der Waals surface area contributed by atoms with Crippen molar-refractivity contribution in [1.82, 2.24) is 20.2 Å². The quantitative estimate of drug-likeness (QED) is 0.635. The van der Waals surface area contributed by atoms with Gasteiger partial charge in [-0.25, -0.2) is 0 Å². The fourth-order valence-corrected chi connectivity index (χ4v) is 4.37. The van der Waals surface area contributed by atoms with Gasteiger partial charge in [0.1, 0.15) is 11.4 Å². The first-order chi connectivity index (χ1) is 15.6. The van der Waals surface area contributed by atoms with E-state index in [1.54, 1.807) is 26.4 Å². The molecule has 6 heteroatoms. The lowest BCUT2D eigenvalue weighted by molar-refractivity contribution is 0.0958. The number of hydrogen-bond acceptors (Lipinski definition) is 5. The molecule has 3 aromatic rings. The number of rotatable bonds is 6. The van der Waals surface area contributed by atoms with Gasteiger partial charge in [-0.1, -0.05) is 18.2 Å². The van der Waals surface area contributed by atoms with Gasteiger partial charge in [0, 0.05) is 49.2 Å². The molecule has 2 aromatic heterocycles. The number of hydrogen-bond donors (Lipinski definition) is 1. The van der Waals surface area contributed by atoms with Crippen LogP contribution in [0.3, 0.4) is 0 Å². The molecule has 0 aliphatic carbocycles. The Kier molecular flexibility index (Phi) is 6.81. The average Bonchev–Trinajstić information content (AvgIpc) is 2.83. The minimum Gasteiger partial charge on any atom is -0.497 e. The first-order valence-corrected chi connectivity index (χ1v) is 11.1. The number of aryl methyl sites for hydroxylation is 1. The first-order valence-electron chi connectivity index (χ1n) is 11.1. The molecule has 6 nitrogen and oxygen atoms in total. The maximum Gasteiger partial charge on any atom is 0.269 e. The van der Waals surface area contributed by atoms with Crippen molar-refractivity contribution in [2.75, 3.05) is 27.2 Å². The third-order valence-electron chi connectivity index (χ3n) is 5.99. The summed E-state index contributed by atoms with van der Waals surface area (Å²) in [5.41, 5.74) is 5.90. The molecule has 1 atom stereocenters. The summed E-state index contributed by atoms with van der Waals surface area (Å²) in [5.74, 6) is 1.12. The first kappa shape index (κ1) is 22.0. The molecule has 166 valence electrons. The van der Waals surface area contributed by atoms with Crippen LogP contribution in [0.5, 0.6) is 5.75 Å². The van der Waals surface area contributed by atoms with E-state index in [0.29, 0.717) is 11.6 Å². The summed E-state index contributed by atoms with van der Waals surface area (Å²) < 4.78 is 5.37. The summed E-state index contributed by atoms with van der Waals surface area (Å²) in [7, 11) is 3.32. The van der Waals surface area contributed by atoms with Crippen LogP contribution in [0.1, 0.15) is 46.2 Å². The van der Waals surface area contributed by atoms with Crippen LogP contribution >= 0.6 is 0 Å². The molecule has 1 unspecified atom stereocenters. The smallest absolute Gasteiger partial charge is 0.269 e. The number of methoxy groups -OCH3 is 1. The average molecular weight is 431 g/mol. The zero-order valence-corrected chi connectivity index (χ0v) is 19.0. The van der Waals surface area contributed by atoms with E-state index in [0.717, 1.165) is 60.7 Å². The summed E-state index contributed by atoms with van der Waals surface area (Å²) in [6.45, 7) is 5.03. The Hall–Kier alpha value is -3.25. The Balaban J connectivity index is 1.51. The molecule has 1 fully saturated rings. The summed E-state index contributed by atoms with van der Waals surface area (Å²) in [4.78, 5) is 23.5. The van der Waals surface area contributed by atoms with Crippen LogP contribution in [-0.4, -0.2) is 48.0 Å². The normalized spacial score (nSPS) is 16.5. The van der Waals surface area contributed by atoms with Crippen molar-refractivity contribution in [3.05, 3.63) is 77.4 Å². The molecule has 0 bridgehead atoms. The third kappa shape index (κ3) is 5.14. The molecule has 4 rings (SSSR count). The highest BCUT2D eigenvalue weighted by Crippen LogP contribution is 2.30. The maximum atomic E-state index is 11.8. The van der Waals surface area contributed by atoms with Crippen molar-refractivity contribution >= 4 is 5.91 Å². The molecule has 1 saturated heterocycles. The lowest BCUT2D eigenvalue weighted by Gasteiger charge is -2.32. The van der Waals surface area contributed by atoms with Gasteiger partial charge in [-0.15, -0.1) is 0 Å². The summed E-state index contributed by atoms with van der Waals surface area (Å²) >= 11 is 0. The Labute approximate surface area is 189 Å². The van der Waals surface area contributed by atoms with Gasteiger partial charge in [0.25, 0.3) is 5.91 Å². The van der Waals surface area contributed by atoms with Crippen molar-refractivity contribution < 1.29 is 9.53 Å². The van der Waals surface area contributed by atoms with Gasteiger partial charge in [0.15, 0.2) is 0 Å². The van der Waals surface area contributed by atoms with E-state index in [1.807, 2.05) is 25.1 Å². The van der Waals surface area contributed by atoms with Crippen LogP contribution < -0.4 is 10.1 Å². The summed E-state index contributed by atoms with van der Waals surface area (Å²) in [5, 5.41) is 2.61. The van der Waals surface area contributed by atoms with Gasteiger partial charge < -0.3 is 10.1 Å². The number of carbonyl (C=O) groups excluding carboxylic acids is 1. The van der Waals surface area contributed by atoms with Crippen LogP contribution in [0.15, 0.2) is 54.7 Å². The van der Waals surface area contributed by atoms with Gasteiger partial charge in [0.05, 0.1) is 7.11 Å². The predicted molar refractivity (Wildman–Crippen MR) is 126 cm³/mol. The fraction of sp³-hybridized carbons (Fsp3) is 0.346. The highest BCUT2D eigenvalue weighted by molar-refractivity contribution is 5.92. The van der Waals surface area contributed by atoms with Crippen LogP contribution in [0, 0.1) is 6.92 Å². The second-order valence-electron chi connectivity index (χ2n) is 8.36. The second kappa shape index (κ2) is 9.92. The molecule has 0 spiro atoms. The van der Waals surface area contributed by atoms with E-state index in [-0.39, 0.29) is 5.91 Å². The number of aromatic nitrogens is 2. The Morgan fingerprint density at radius 2 is 2.06 bits per heavy atom. The molecule has 1 aliphatic heterocycles. The van der Waals surface area contributed by atoms with Crippen molar-refractivity contribution in [3.8, 4) is 16.9 Å². The molecule has 1 aromatic carbocycles. The fourth-order valence-electron chi connectivity index (χ4n) is 4.37. The van der Waals surface area contributed by atoms with Crippen molar-refractivity contribution in [1.29, 1.82) is 0 Å². The molecular formula is C26H30N4O2. The number of nitrogens with one attached hydrogen (secondary N) is 1. The number of nitrogens with zero attached hydrogens (tertiary/aromatic N) is 3. The van der Waals surface area contributed by atoms with Gasteiger partial charge in [-0.2, -0.15) is 0 Å². The molecule has 0 radical (unpaired) electrons. The Bertz CT molecular complexity index is 1080. The largest absolute Gasteiger partial charge is 0.497 e. The van der Waals surface area contributed by atoms with Crippen LogP contribution in [0.2, 0.25) is 0 Å². The molecule has 1 aliphatic rings. The minimum atomic E-state index is -0.179. The third-order valence-corrected chi connectivity index (χ3v) is 5.99. The van der Waals surface area contributed by atoms with E-state index in [9.17, 15) is 4.79 Å². The summed E-state index contributed by atoms with van der Waals surface area (Å²) in [6.07, 6.45) is 4.05. The summed E-state index contributed by atoms with van der Waals surface area (Å²) in [6, 6.07) is 16.3. The minimum absolute atomic E-state index is 0.179. The zero-order valence-electron chi connectivity index (χ0n) is 19.0. The SMILES string of the molecule is CNC(=O)c1ccc(-c2cc(C)nc(C3CCCN(Cc4cccc(OC)c4)C3)c2)cn1. The molecule has 3 heterocycles. The number of amides is 1. The van der Waals surface area contributed by atoms with Gasteiger partial charge in [-0.05, 0) is 67.8 Å². The van der Waals surface area contributed by atoms with E-state index in [4.69, 9.17) is 9.72 Å². The number of piperidine rings is 1. The number of carbonyl (C=O) groups is 1. The lowest BCUT2D eigenvalue weighted by atomic mass is 9.92. The number of likely N-dealkylation sites (tertiary alicyclic amines) is 1. The van der Waals surface area contributed by atoms with Crippen molar-refractivity contribution in [2.45, 2.75) is 32.2 Å². The topological polar surface area (TPSA) is 67.4 Å². The number of pyridine rings is 2. The molecule has 0 saturated carbocycles. The van der Waals surface area contributed by atoms with Crippen LogP contribution in [0.25, 0.3) is 11.1 Å². The Morgan fingerprint density at radius 1 is 1.19 bits per heavy atom. The van der Waals surface area contributed by atoms with Crippen molar-refractivity contribution in [2.24, 2.45) is 0 Å². The van der Waals surface area contributed by atoms with E-state index in [1.165, 1.54) is 5.56 Å². The lowest BCUT2D eigenvalue weighted by Crippen LogP contribution is -2.34. The molecule has 32 heavy (non-hydrogen) atoms. The zero-order chi connectivity index (χ0) is 22.5. The monoisotopic (exact) mass is 430 g/mol. The van der Waals surface area contributed by atoms with E-state index >= 15 is 0 Å². The second-order valence-corrected chi connectivity index (χ2v) is 8.36. The van der Waals surface area contributed by atoms with Gasteiger partial charge >= 0.3 is 0 Å².